The van der Waals surface area contributed by atoms with Crippen molar-refractivity contribution in [2.24, 2.45) is 0 Å². The molecule has 3 aromatic rings. The summed E-state index contributed by atoms with van der Waals surface area (Å²) in [4.78, 5) is 35.5. The van der Waals surface area contributed by atoms with Crippen LogP contribution in [0.15, 0.2) is 45.6 Å². The molecule has 0 aliphatic heterocycles. The number of carbonyl (C=O) groups is 2. The molecule has 0 saturated heterocycles. The minimum atomic E-state index is -1.14. The molecule has 8 nitrogen and oxygen atoms in total. The minimum Gasteiger partial charge on any atom is -0.495 e. The lowest BCUT2D eigenvalue weighted by molar-refractivity contribution is -0.116. The van der Waals surface area contributed by atoms with Crippen molar-refractivity contribution in [1.29, 1.82) is 0 Å². The molecule has 0 unspecified atom stereocenters. The van der Waals surface area contributed by atoms with E-state index in [1.54, 1.807) is 12.1 Å². The molecule has 0 radical (unpaired) electrons. The van der Waals surface area contributed by atoms with Gasteiger partial charge in [0.15, 0.2) is 5.58 Å². The van der Waals surface area contributed by atoms with Crippen LogP contribution in [0.5, 0.6) is 5.75 Å². The summed E-state index contributed by atoms with van der Waals surface area (Å²) in [6.45, 7) is 1.54. The number of carbonyl (C=O) groups excluding carboxylic acids is 1. The number of aryl methyl sites for hydroxylation is 1. The molecule has 0 bridgehead atoms. The number of oxazole rings is 1. The van der Waals surface area contributed by atoms with E-state index in [4.69, 9.17) is 14.3 Å². The van der Waals surface area contributed by atoms with Crippen LogP contribution in [0.1, 0.15) is 15.9 Å². The first-order valence-electron chi connectivity index (χ1n) is 7.70. The molecule has 0 aliphatic carbocycles. The van der Waals surface area contributed by atoms with E-state index in [0.29, 0.717) is 11.4 Å². The third-order valence-electron chi connectivity index (χ3n) is 3.85. The van der Waals surface area contributed by atoms with Crippen molar-refractivity contribution in [3.63, 3.8) is 0 Å². The van der Waals surface area contributed by atoms with Crippen molar-refractivity contribution in [2.75, 3.05) is 12.4 Å². The van der Waals surface area contributed by atoms with Crippen LogP contribution >= 0.6 is 0 Å². The van der Waals surface area contributed by atoms with Gasteiger partial charge in [-0.25, -0.2) is 9.59 Å². The summed E-state index contributed by atoms with van der Waals surface area (Å²) in [5, 5.41) is 11.8. The zero-order valence-corrected chi connectivity index (χ0v) is 14.1. The number of carboxylic acid groups (broad SMARTS) is 1. The molecule has 0 aliphatic rings. The van der Waals surface area contributed by atoms with Crippen LogP contribution in [0.2, 0.25) is 0 Å². The predicted octanol–water partition coefficient (Wildman–Crippen LogP) is 2.25. The molecule has 134 valence electrons. The fraction of sp³-hybridized carbons (Fsp3) is 0.167. The minimum absolute atomic E-state index is 0.00666. The molecule has 1 heterocycles. The zero-order valence-electron chi connectivity index (χ0n) is 14.1. The molecule has 0 atom stereocenters. The zero-order chi connectivity index (χ0) is 18.8. The highest BCUT2D eigenvalue weighted by atomic mass is 16.5. The lowest BCUT2D eigenvalue weighted by Gasteiger charge is -2.11. The number of anilines is 1. The van der Waals surface area contributed by atoms with Gasteiger partial charge in [0.05, 0.1) is 23.9 Å². The van der Waals surface area contributed by atoms with Crippen LogP contribution in [0.4, 0.5) is 5.69 Å². The summed E-state index contributed by atoms with van der Waals surface area (Å²) in [7, 11) is 1.49. The average Bonchev–Trinajstić information content (AvgIpc) is 2.90. The number of aromatic nitrogens is 1. The number of methoxy groups -OCH3 is 1. The van der Waals surface area contributed by atoms with Gasteiger partial charge in [-0.15, -0.1) is 0 Å². The number of hydrogen-bond acceptors (Lipinski definition) is 5. The van der Waals surface area contributed by atoms with Crippen molar-refractivity contribution in [2.45, 2.75) is 13.5 Å². The summed E-state index contributed by atoms with van der Waals surface area (Å²) in [6.07, 6.45) is 0. The SMILES string of the molecule is COc1ccc(C)cc1NC(=O)Cn1c(=O)oc2ccc(C(=O)O)cc21. The third-order valence-corrected chi connectivity index (χ3v) is 3.85. The normalized spacial score (nSPS) is 10.7. The Bertz CT molecular complexity index is 1060. The Morgan fingerprint density at radius 1 is 1.23 bits per heavy atom. The third kappa shape index (κ3) is 3.30. The van der Waals surface area contributed by atoms with Crippen LogP contribution < -0.4 is 15.8 Å². The van der Waals surface area contributed by atoms with E-state index in [-0.39, 0.29) is 23.2 Å². The highest BCUT2D eigenvalue weighted by Crippen LogP contribution is 2.25. The number of aromatic carboxylic acids is 1. The van der Waals surface area contributed by atoms with Gasteiger partial charge in [-0.1, -0.05) is 6.07 Å². The average molecular weight is 356 g/mol. The molecule has 0 fully saturated rings. The topological polar surface area (TPSA) is 111 Å². The van der Waals surface area contributed by atoms with E-state index in [1.807, 2.05) is 13.0 Å². The molecule has 1 aromatic heterocycles. The van der Waals surface area contributed by atoms with Gasteiger partial charge in [0, 0.05) is 0 Å². The summed E-state index contributed by atoms with van der Waals surface area (Å²) in [6, 6.07) is 9.33. The number of fused-ring (bicyclic) bond motifs is 1. The maximum absolute atomic E-state index is 12.4. The second-order valence-electron chi connectivity index (χ2n) is 5.69. The van der Waals surface area contributed by atoms with Gasteiger partial charge in [-0.05, 0) is 42.8 Å². The van der Waals surface area contributed by atoms with Gasteiger partial charge in [0.2, 0.25) is 5.91 Å². The highest BCUT2D eigenvalue weighted by molar-refractivity contribution is 5.94. The van der Waals surface area contributed by atoms with Crippen molar-refractivity contribution in [1.82, 2.24) is 4.57 Å². The molecule has 8 heteroatoms. The fourth-order valence-electron chi connectivity index (χ4n) is 2.60. The van der Waals surface area contributed by atoms with Gasteiger partial charge >= 0.3 is 11.7 Å². The summed E-state index contributed by atoms with van der Waals surface area (Å²) in [5.41, 5.74) is 1.85. The van der Waals surface area contributed by atoms with E-state index in [1.165, 1.54) is 25.3 Å². The molecule has 2 aromatic carbocycles. The Morgan fingerprint density at radius 3 is 2.69 bits per heavy atom. The number of benzene rings is 2. The standard InChI is InChI=1S/C18H16N2O6/c1-10-3-5-14(25-2)12(7-10)19-16(21)9-20-13-8-11(17(22)23)4-6-15(13)26-18(20)24/h3-8H,9H2,1-2H3,(H,19,21)(H,22,23). The Kier molecular flexibility index (Phi) is 4.49. The van der Waals surface area contributed by atoms with E-state index in [9.17, 15) is 14.4 Å². The summed E-state index contributed by atoms with van der Waals surface area (Å²) >= 11 is 0. The van der Waals surface area contributed by atoms with E-state index < -0.39 is 17.6 Å². The van der Waals surface area contributed by atoms with Gasteiger partial charge in [-0.3, -0.25) is 9.36 Å². The van der Waals surface area contributed by atoms with E-state index in [0.717, 1.165) is 10.1 Å². The first-order chi connectivity index (χ1) is 12.4. The van der Waals surface area contributed by atoms with E-state index >= 15 is 0 Å². The van der Waals surface area contributed by atoms with Crippen molar-refractivity contribution in [3.05, 3.63) is 58.1 Å². The summed E-state index contributed by atoms with van der Waals surface area (Å²) < 4.78 is 11.3. The van der Waals surface area contributed by atoms with Crippen LogP contribution in [-0.4, -0.2) is 28.7 Å². The van der Waals surface area contributed by atoms with Crippen LogP contribution in [0.25, 0.3) is 11.1 Å². The van der Waals surface area contributed by atoms with Crippen LogP contribution in [0, 0.1) is 6.92 Å². The lowest BCUT2D eigenvalue weighted by atomic mass is 10.2. The summed E-state index contributed by atoms with van der Waals surface area (Å²) in [5.74, 6) is -1.86. The number of amides is 1. The predicted molar refractivity (Wildman–Crippen MR) is 93.8 cm³/mol. The number of ether oxygens (including phenoxy) is 1. The maximum atomic E-state index is 12.4. The second kappa shape index (κ2) is 6.75. The number of carboxylic acids is 1. The Morgan fingerprint density at radius 2 is 2.00 bits per heavy atom. The second-order valence-corrected chi connectivity index (χ2v) is 5.69. The first-order valence-corrected chi connectivity index (χ1v) is 7.70. The molecule has 2 N–H and O–H groups in total. The van der Waals surface area contributed by atoms with Crippen LogP contribution in [0.3, 0.4) is 0 Å². The first kappa shape index (κ1) is 17.3. The number of rotatable bonds is 5. The molecule has 26 heavy (non-hydrogen) atoms. The van der Waals surface area contributed by atoms with Crippen molar-refractivity contribution < 1.29 is 23.8 Å². The van der Waals surface area contributed by atoms with Crippen molar-refractivity contribution in [3.8, 4) is 5.75 Å². The van der Waals surface area contributed by atoms with Gasteiger partial charge in [0.25, 0.3) is 0 Å². The fourth-order valence-corrected chi connectivity index (χ4v) is 2.60. The molecule has 0 saturated carbocycles. The lowest BCUT2D eigenvalue weighted by Crippen LogP contribution is -2.25. The smallest absolute Gasteiger partial charge is 0.420 e. The van der Waals surface area contributed by atoms with Crippen molar-refractivity contribution >= 4 is 28.7 Å². The monoisotopic (exact) mass is 356 g/mol. The highest BCUT2D eigenvalue weighted by Gasteiger charge is 2.16. The molecular weight excluding hydrogens is 340 g/mol. The maximum Gasteiger partial charge on any atom is 0.420 e. The van der Waals surface area contributed by atoms with Gasteiger partial charge in [-0.2, -0.15) is 0 Å². The molecule has 0 spiro atoms. The molecule has 1 amide bonds. The Labute approximate surface area is 147 Å². The number of nitrogens with one attached hydrogen (secondary N) is 1. The molecule has 3 rings (SSSR count). The number of hydrogen-bond donors (Lipinski definition) is 2. The van der Waals surface area contributed by atoms with E-state index in [2.05, 4.69) is 5.32 Å². The van der Waals surface area contributed by atoms with Crippen LogP contribution in [-0.2, 0) is 11.3 Å². The largest absolute Gasteiger partial charge is 0.495 e. The Hall–Kier alpha value is -3.55. The quantitative estimate of drug-likeness (QED) is 0.725. The number of nitrogens with zero attached hydrogens (tertiary/aromatic N) is 1. The van der Waals surface area contributed by atoms with Gasteiger partial charge < -0.3 is 19.6 Å². The molecular formula is C18H16N2O6. The van der Waals surface area contributed by atoms with Gasteiger partial charge in [0.1, 0.15) is 12.3 Å². The Balaban J connectivity index is 1.91.